The lowest BCUT2D eigenvalue weighted by Crippen LogP contribution is -1.90. The number of aromatic nitrogens is 2. The first-order chi connectivity index (χ1) is 9.58. The van der Waals surface area contributed by atoms with Crippen molar-refractivity contribution >= 4 is 5.82 Å². The first-order valence-corrected chi connectivity index (χ1v) is 6.54. The quantitative estimate of drug-likeness (QED) is 0.741. The molecule has 0 bridgehead atoms. The SMILES string of the molecule is Cc1ccc(-c2c(N)n[nH]c2-c2ccoc2C)cc1C. The monoisotopic (exact) mass is 267 g/mol. The van der Waals surface area contributed by atoms with Crippen LogP contribution >= 0.6 is 0 Å². The number of hydrogen-bond acceptors (Lipinski definition) is 3. The van der Waals surface area contributed by atoms with E-state index in [9.17, 15) is 0 Å². The summed E-state index contributed by atoms with van der Waals surface area (Å²) in [5.41, 5.74) is 12.4. The zero-order chi connectivity index (χ0) is 14.3. The molecule has 1 aromatic carbocycles. The van der Waals surface area contributed by atoms with Crippen LogP contribution in [-0.2, 0) is 0 Å². The molecule has 0 atom stereocenters. The van der Waals surface area contributed by atoms with Crippen LogP contribution in [0.5, 0.6) is 0 Å². The minimum absolute atomic E-state index is 0.504. The molecule has 0 saturated heterocycles. The van der Waals surface area contributed by atoms with E-state index < -0.39 is 0 Å². The first kappa shape index (κ1) is 12.5. The Hall–Kier alpha value is -2.49. The highest BCUT2D eigenvalue weighted by molar-refractivity contribution is 5.88. The van der Waals surface area contributed by atoms with E-state index in [4.69, 9.17) is 10.2 Å². The normalized spacial score (nSPS) is 10.9. The summed E-state index contributed by atoms with van der Waals surface area (Å²) in [6.45, 7) is 6.12. The van der Waals surface area contributed by atoms with E-state index in [-0.39, 0.29) is 0 Å². The number of furan rings is 1. The highest BCUT2D eigenvalue weighted by atomic mass is 16.3. The fourth-order valence-electron chi connectivity index (χ4n) is 2.38. The van der Waals surface area contributed by atoms with Gasteiger partial charge in [0.25, 0.3) is 0 Å². The van der Waals surface area contributed by atoms with Crippen molar-refractivity contribution in [1.29, 1.82) is 0 Å². The number of anilines is 1. The lowest BCUT2D eigenvalue weighted by Gasteiger charge is -2.07. The number of nitrogen functional groups attached to an aromatic ring is 1. The third kappa shape index (κ3) is 1.90. The molecule has 4 nitrogen and oxygen atoms in total. The summed E-state index contributed by atoms with van der Waals surface area (Å²) in [7, 11) is 0. The molecule has 0 aliphatic carbocycles. The van der Waals surface area contributed by atoms with Crippen molar-refractivity contribution < 1.29 is 4.42 Å². The van der Waals surface area contributed by atoms with Gasteiger partial charge in [0.15, 0.2) is 5.82 Å². The van der Waals surface area contributed by atoms with E-state index in [1.807, 2.05) is 13.0 Å². The maximum Gasteiger partial charge on any atom is 0.153 e. The summed E-state index contributed by atoms with van der Waals surface area (Å²) in [6.07, 6.45) is 1.67. The highest BCUT2D eigenvalue weighted by Gasteiger charge is 2.17. The van der Waals surface area contributed by atoms with Crippen LogP contribution in [0.1, 0.15) is 16.9 Å². The number of nitrogens with zero attached hydrogens (tertiary/aromatic N) is 1. The second kappa shape index (κ2) is 4.56. The largest absolute Gasteiger partial charge is 0.469 e. The summed E-state index contributed by atoms with van der Waals surface area (Å²) < 4.78 is 5.37. The minimum Gasteiger partial charge on any atom is -0.469 e. The molecule has 0 fully saturated rings. The summed E-state index contributed by atoms with van der Waals surface area (Å²) in [4.78, 5) is 0. The summed E-state index contributed by atoms with van der Waals surface area (Å²) in [5, 5.41) is 7.17. The molecule has 0 unspecified atom stereocenters. The van der Waals surface area contributed by atoms with Gasteiger partial charge < -0.3 is 10.2 Å². The van der Waals surface area contributed by atoms with Crippen LogP contribution in [-0.4, -0.2) is 10.2 Å². The van der Waals surface area contributed by atoms with Gasteiger partial charge >= 0.3 is 0 Å². The van der Waals surface area contributed by atoms with E-state index in [1.54, 1.807) is 6.26 Å². The molecule has 0 radical (unpaired) electrons. The van der Waals surface area contributed by atoms with Gasteiger partial charge in [0.2, 0.25) is 0 Å². The molecule has 20 heavy (non-hydrogen) atoms. The predicted molar refractivity (Wildman–Crippen MR) is 80.3 cm³/mol. The highest BCUT2D eigenvalue weighted by Crippen LogP contribution is 2.36. The molecule has 2 aromatic heterocycles. The Labute approximate surface area is 117 Å². The molecule has 3 N–H and O–H groups in total. The molecule has 102 valence electrons. The molecule has 3 aromatic rings. The van der Waals surface area contributed by atoms with Crippen LogP contribution in [0.2, 0.25) is 0 Å². The molecule has 2 heterocycles. The van der Waals surface area contributed by atoms with Gasteiger partial charge in [-0.25, -0.2) is 0 Å². The van der Waals surface area contributed by atoms with Gasteiger partial charge in [0, 0.05) is 5.56 Å². The van der Waals surface area contributed by atoms with Crippen molar-refractivity contribution in [1.82, 2.24) is 10.2 Å². The van der Waals surface area contributed by atoms with Gasteiger partial charge in [-0.15, -0.1) is 0 Å². The Morgan fingerprint density at radius 2 is 1.90 bits per heavy atom. The van der Waals surface area contributed by atoms with Crippen molar-refractivity contribution in [3.63, 3.8) is 0 Å². The molecule has 0 aliphatic rings. The topological polar surface area (TPSA) is 67.8 Å². The maximum absolute atomic E-state index is 6.04. The Bertz CT molecular complexity index is 768. The fraction of sp³-hybridized carbons (Fsp3) is 0.188. The Balaban J connectivity index is 2.21. The van der Waals surface area contributed by atoms with Crippen LogP contribution in [0.3, 0.4) is 0 Å². The molecule has 0 spiro atoms. The van der Waals surface area contributed by atoms with Gasteiger partial charge in [0.05, 0.1) is 17.5 Å². The summed E-state index contributed by atoms with van der Waals surface area (Å²) in [6, 6.07) is 8.23. The molecule has 0 saturated carbocycles. The van der Waals surface area contributed by atoms with E-state index >= 15 is 0 Å². The van der Waals surface area contributed by atoms with Crippen LogP contribution in [0, 0.1) is 20.8 Å². The van der Waals surface area contributed by atoms with Gasteiger partial charge in [-0.2, -0.15) is 5.10 Å². The number of H-pyrrole nitrogens is 1. The number of nitrogens with two attached hydrogens (primary N) is 1. The lowest BCUT2D eigenvalue weighted by molar-refractivity contribution is 0.535. The first-order valence-electron chi connectivity index (χ1n) is 6.54. The smallest absolute Gasteiger partial charge is 0.153 e. The fourth-order valence-corrected chi connectivity index (χ4v) is 2.38. The molecular weight excluding hydrogens is 250 g/mol. The number of benzene rings is 1. The zero-order valence-electron chi connectivity index (χ0n) is 11.8. The van der Waals surface area contributed by atoms with Crippen molar-refractivity contribution in [2.45, 2.75) is 20.8 Å². The van der Waals surface area contributed by atoms with E-state index in [2.05, 4.69) is 42.2 Å². The summed E-state index contributed by atoms with van der Waals surface area (Å²) >= 11 is 0. The number of nitrogens with one attached hydrogen (secondary N) is 1. The number of aryl methyl sites for hydroxylation is 3. The Morgan fingerprint density at radius 1 is 1.10 bits per heavy atom. The predicted octanol–water partition coefficient (Wildman–Crippen LogP) is 3.84. The third-order valence-electron chi connectivity index (χ3n) is 3.72. The van der Waals surface area contributed by atoms with E-state index in [0.717, 1.165) is 28.1 Å². The average molecular weight is 267 g/mol. The van der Waals surface area contributed by atoms with Gasteiger partial charge in [-0.1, -0.05) is 18.2 Å². The van der Waals surface area contributed by atoms with Gasteiger partial charge in [-0.3, -0.25) is 5.10 Å². The third-order valence-corrected chi connectivity index (χ3v) is 3.72. The van der Waals surface area contributed by atoms with Crippen molar-refractivity contribution in [2.75, 3.05) is 5.73 Å². The van der Waals surface area contributed by atoms with Gasteiger partial charge in [0.1, 0.15) is 5.76 Å². The van der Waals surface area contributed by atoms with Crippen LogP contribution in [0.25, 0.3) is 22.4 Å². The van der Waals surface area contributed by atoms with Crippen LogP contribution < -0.4 is 5.73 Å². The Kier molecular flexibility index (Phi) is 2.86. The molecule has 4 heteroatoms. The van der Waals surface area contributed by atoms with E-state index in [0.29, 0.717) is 5.82 Å². The van der Waals surface area contributed by atoms with Crippen LogP contribution in [0.4, 0.5) is 5.82 Å². The second-order valence-corrected chi connectivity index (χ2v) is 5.05. The van der Waals surface area contributed by atoms with Gasteiger partial charge in [-0.05, 0) is 43.5 Å². The molecular formula is C16H17N3O. The second-order valence-electron chi connectivity index (χ2n) is 5.05. The molecule has 3 rings (SSSR count). The minimum atomic E-state index is 0.504. The Morgan fingerprint density at radius 3 is 2.55 bits per heavy atom. The molecule has 0 aliphatic heterocycles. The van der Waals surface area contributed by atoms with Crippen LogP contribution in [0.15, 0.2) is 34.9 Å². The number of rotatable bonds is 2. The lowest BCUT2D eigenvalue weighted by atomic mass is 9.98. The zero-order valence-corrected chi connectivity index (χ0v) is 11.8. The standard InChI is InChI=1S/C16H17N3O/c1-9-4-5-12(8-10(9)2)14-15(18-19-16(14)17)13-6-7-20-11(13)3/h4-8H,1-3H3,(H3,17,18,19). The van der Waals surface area contributed by atoms with Crippen molar-refractivity contribution in [3.8, 4) is 22.4 Å². The average Bonchev–Trinajstić information content (AvgIpc) is 2.99. The van der Waals surface area contributed by atoms with Crippen molar-refractivity contribution in [2.24, 2.45) is 0 Å². The maximum atomic E-state index is 6.04. The number of hydrogen-bond donors (Lipinski definition) is 2. The van der Waals surface area contributed by atoms with E-state index in [1.165, 1.54) is 11.1 Å². The molecule has 0 amide bonds. The summed E-state index contributed by atoms with van der Waals surface area (Å²) in [5.74, 6) is 1.35. The number of aromatic amines is 1. The van der Waals surface area contributed by atoms with Crippen molar-refractivity contribution in [3.05, 3.63) is 47.4 Å².